The molecule has 1 aliphatic rings. The van der Waals surface area contributed by atoms with Crippen molar-refractivity contribution in [1.29, 1.82) is 0 Å². The van der Waals surface area contributed by atoms with E-state index < -0.39 is 0 Å². The number of nitrogens with one attached hydrogen (secondary N) is 2. The van der Waals surface area contributed by atoms with Crippen LogP contribution in [0.3, 0.4) is 0 Å². The van der Waals surface area contributed by atoms with Gasteiger partial charge in [-0.05, 0) is 45.1 Å². The Balaban J connectivity index is 1.84. The molecule has 2 rings (SSSR count). The predicted octanol–water partition coefficient (Wildman–Crippen LogP) is 1.63. The Hall–Kier alpha value is -1.89. The monoisotopic (exact) mass is 351 g/mol. The van der Waals surface area contributed by atoms with Crippen molar-refractivity contribution in [1.82, 2.24) is 15.5 Å². The van der Waals surface area contributed by atoms with Crippen LogP contribution in [-0.4, -0.2) is 47.8 Å². The van der Waals surface area contributed by atoms with E-state index in [1.54, 1.807) is 11.0 Å². The summed E-state index contributed by atoms with van der Waals surface area (Å²) in [6, 6.07) is 3.65. The molecule has 0 radical (unpaired) electrons. The van der Waals surface area contributed by atoms with Gasteiger partial charge in [-0.1, -0.05) is 6.07 Å². The standard InChI is InChI=1S/C17H25N3O3S/c1-17(2,3)19-14(21)10-18-15(22)12-6-4-8-20(11-12)16(23)13-7-5-9-24-13/h5,7,9,12H,4,6,8,10-11H2,1-3H3,(H,18,22)(H,19,21). The summed E-state index contributed by atoms with van der Waals surface area (Å²) in [5.74, 6) is -0.654. The molecule has 1 unspecified atom stereocenters. The topological polar surface area (TPSA) is 78.5 Å². The molecule has 2 N–H and O–H groups in total. The number of hydrogen-bond donors (Lipinski definition) is 2. The number of amides is 3. The summed E-state index contributed by atoms with van der Waals surface area (Å²) in [5, 5.41) is 7.36. The summed E-state index contributed by atoms with van der Waals surface area (Å²) >= 11 is 1.41. The predicted molar refractivity (Wildman–Crippen MR) is 93.9 cm³/mol. The fraction of sp³-hybridized carbons (Fsp3) is 0.588. The van der Waals surface area contributed by atoms with Crippen molar-refractivity contribution in [2.45, 2.75) is 39.2 Å². The highest BCUT2D eigenvalue weighted by molar-refractivity contribution is 7.12. The Labute approximate surface area is 146 Å². The minimum absolute atomic E-state index is 0.0204. The largest absolute Gasteiger partial charge is 0.350 e. The van der Waals surface area contributed by atoms with Gasteiger partial charge in [0, 0.05) is 18.6 Å². The Bertz CT molecular complexity index is 593. The zero-order chi connectivity index (χ0) is 17.7. The lowest BCUT2D eigenvalue weighted by Crippen LogP contribution is -2.49. The Morgan fingerprint density at radius 1 is 1.33 bits per heavy atom. The molecular formula is C17H25N3O3S. The molecule has 1 aliphatic heterocycles. The van der Waals surface area contributed by atoms with E-state index in [2.05, 4.69) is 10.6 Å². The molecule has 6 nitrogen and oxygen atoms in total. The minimum Gasteiger partial charge on any atom is -0.350 e. The Morgan fingerprint density at radius 2 is 2.08 bits per heavy atom. The van der Waals surface area contributed by atoms with Crippen LogP contribution in [0.1, 0.15) is 43.3 Å². The number of hydrogen-bond acceptors (Lipinski definition) is 4. The van der Waals surface area contributed by atoms with E-state index in [1.807, 2.05) is 32.2 Å². The molecular weight excluding hydrogens is 326 g/mol. The molecule has 0 bridgehead atoms. The molecule has 1 saturated heterocycles. The molecule has 132 valence electrons. The van der Waals surface area contributed by atoms with Gasteiger partial charge >= 0.3 is 0 Å². The summed E-state index contributed by atoms with van der Waals surface area (Å²) in [5.41, 5.74) is -0.323. The number of carbonyl (C=O) groups is 3. The maximum atomic E-state index is 12.4. The first-order valence-corrected chi connectivity index (χ1v) is 9.06. The molecule has 0 saturated carbocycles. The number of piperidine rings is 1. The molecule has 24 heavy (non-hydrogen) atoms. The molecule has 7 heteroatoms. The average Bonchev–Trinajstić information content (AvgIpc) is 3.04. The molecule has 0 aromatic carbocycles. The van der Waals surface area contributed by atoms with Crippen molar-refractivity contribution in [3.05, 3.63) is 22.4 Å². The average molecular weight is 351 g/mol. The van der Waals surface area contributed by atoms with Gasteiger partial charge in [0.15, 0.2) is 0 Å². The van der Waals surface area contributed by atoms with Gasteiger partial charge in [-0.15, -0.1) is 11.3 Å². The normalized spacial score (nSPS) is 18.1. The van der Waals surface area contributed by atoms with Gasteiger partial charge in [0.2, 0.25) is 11.8 Å². The molecule has 2 heterocycles. The maximum Gasteiger partial charge on any atom is 0.263 e. The molecule has 1 fully saturated rings. The molecule has 0 spiro atoms. The molecule has 0 aliphatic carbocycles. The van der Waals surface area contributed by atoms with Crippen molar-refractivity contribution < 1.29 is 14.4 Å². The van der Waals surface area contributed by atoms with Gasteiger partial charge in [0.05, 0.1) is 17.3 Å². The third kappa shape index (κ3) is 5.33. The van der Waals surface area contributed by atoms with Crippen LogP contribution in [0.25, 0.3) is 0 Å². The van der Waals surface area contributed by atoms with E-state index in [0.29, 0.717) is 18.0 Å². The van der Waals surface area contributed by atoms with Gasteiger partial charge in [-0.2, -0.15) is 0 Å². The third-order valence-corrected chi connectivity index (χ3v) is 4.61. The van der Waals surface area contributed by atoms with E-state index in [1.165, 1.54) is 11.3 Å². The lowest BCUT2D eigenvalue weighted by atomic mass is 9.97. The summed E-state index contributed by atoms with van der Waals surface area (Å²) in [6.07, 6.45) is 1.53. The van der Waals surface area contributed by atoms with E-state index >= 15 is 0 Å². The highest BCUT2D eigenvalue weighted by Crippen LogP contribution is 2.20. The number of likely N-dealkylation sites (tertiary alicyclic amines) is 1. The highest BCUT2D eigenvalue weighted by atomic mass is 32.1. The van der Waals surface area contributed by atoms with Crippen molar-refractivity contribution in [2.24, 2.45) is 5.92 Å². The fourth-order valence-electron chi connectivity index (χ4n) is 2.71. The summed E-state index contributed by atoms with van der Waals surface area (Å²) in [7, 11) is 0. The first-order chi connectivity index (χ1) is 11.3. The van der Waals surface area contributed by atoms with Crippen LogP contribution in [0.4, 0.5) is 0 Å². The molecule has 1 atom stereocenters. The van der Waals surface area contributed by atoms with Crippen molar-refractivity contribution in [3.63, 3.8) is 0 Å². The Morgan fingerprint density at radius 3 is 2.71 bits per heavy atom. The van der Waals surface area contributed by atoms with E-state index in [9.17, 15) is 14.4 Å². The summed E-state index contributed by atoms with van der Waals surface area (Å²) in [4.78, 5) is 38.9. The summed E-state index contributed by atoms with van der Waals surface area (Å²) < 4.78 is 0. The van der Waals surface area contributed by atoms with Crippen molar-refractivity contribution in [2.75, 3.05) is 19.6 Å². The smallest absolute Gasteiger partial charge is 0.263 e. The lowest BCUT2D eigenvalue weighted by molar-refractivity contribution is -0.130. The number of rotatable bonds is 4. The van der Waals surface area contributed by atoms with Gasteiger partial charge in [0.25, 0.3) is 5.91 Å². The van der Waals surface area contributed by atoms with Crippen LogP contribution >= 0.6 is 11.3 Å². The van der Waals surface area contributed by atoms with Crippen molar-refractivity contribution >= 4 is 29.1 Å². The van der Waals surface area contributed by atoms with Crippen LogP contribution in [0.15, 0.2) is 17.5 Å². The Kier molecular flexibility index (Phi) is 5.99. The number of thiophene rings is 1. The second kappa shape index (κ2) is 7.79. The van der Waals surface area contributed by atoms with Gasteiger partial charge < -0.3 is 15.5 Å². The van der Waals surface area contributed by atoms with Gasteiger partial charge in [-0.3, -0.25) is 14.4 Å². The second-order valence-electron chi connectivity index (χ2n) is 7.08. The van der Waals surface area contributed by atoms with Gasteiger partial charge in [-0.25, -0.2) is 0 Å². The zero-order valence-electron chi connectivity index (χ0n) is 14.4. The fourth-order valence-corrected chi connectivity index (χ4v) is 3.40. The summed E-state index contributed by atoms with van der Waals surface area (Å²) in [6.45, 7) is 6.71. The first-order valence-electron chi connectivity index (χ1n) is 8.18. The second-order valence-corrected chi connectivity index (χ2v) is 8.03. The van der Waals surface area contributed by atoms with Crippen LogP contribution in [-0.2, 0) is 9.59 Å². The van der Waals surface area contributed by atoms with Crippen LogP contribution < -0.4 is 10.6 Å². The third-order valence-electron chi connectivity index (χ3n) is 3.75. The molecule has 1 aromatic rings. The number of nitrogens with zero attached hydrogens (tertiary/aromatic N) is 1. The molecule has 1 aromatic heterocycles. The van der Waals surface area contributed by atoms with E-state index in [4.69, 9.17) is 0 Å². The lowest BCUT2D eigenvalue weighted by Gasteiger charge is -2.31. The minimum atomic E-state index is -0.323. The highest BCUT2D eigenvalue weighted by Gasteiger charge is 2.29. The van der Waals surface area contributed by atoms with Crippen LogP contribution in [0, 0.1) is 5.92 Å². The van der Waals surface area contributed by atoms with Crippen LogP contribution in [0.2, 0.25) is 0 Å². The zero-order valence-corrected chi connectivity index (χ0v) is 15.2. The maximum absolute atomic E-state index is 12.4. The van der Waals surface area contributed by atoms with E-state index in [-0.39, 0.29) is 35.7 Å². The number of carbonyl (C=O) groups excluding carboxylic acids is 3. The van der Waals surface area contributed by atoms with Crippen LogP contribution in [0.5, 0.6) is 0 Å². The van der Waals surface area contributed by atoms with Crippen molar-refractivity contribution in [3.8, 4) is 0 Å². The van der Waals surface area contributed by atoms with E-state index in [0.717, 1.165) is 12.8 Å². The quantitative estimate of drug-likeness (QED) is 0.865. The molecule has 3 amide bonds. The first kappa shape index (κ1) is 18.4. The van der Waals surface area contributed by atoms with Gasteiger partial charge in [0.1, 0.15) is 0 Å². The SMILES string of the molecule is CC(C)(C)NC(=O)CNC(=O)C1CCCN(C(=O)c2cccs2)C1.